The molecule has 0 spiro atoms. The minimum Gasteiger partial charge on any atom is -0.459 e. The molecule has 0 atom stereocenters. The standard InChI is InChI=1S/C19H21N3O3S/c23-18(16-6-3-12-25-16)22(9-4-8-21-10-13-24-14-11-21)19-20-15-5-1-2-7-17(15)26-19/h1-3,5-7,12H,4,8-11,13-14H2/p+1. The van der Waals surface area contributed by atoms with Gasteiger partial charge in [-0.15, -0.1) is 0 Å². The fourth-order valence-electron chi connectivity index (χ4n) is 3.19. The lowest BCUT2D eigenvalue weighted by molar-refractivity contribution is -0.908. The molecule has 26 heavy (non-hydrogen) atoms. The van der Waals surface area contributed by atoms with Gasteiger partial charge in [-0.25, -0.2) is 4.98 Å². The first-order chi connectivity index (χ1) is 12.8. The van der Waals surface area contributed by atoms with Gasteiger partial charge in [0.25, 0.3) is 5.91 Å². The molecule has 1 aliphatic rings. The first-order valence-electron chi connectivity index (χ1n) is 8.93. The van der Waals surface area contributed by atoms with Gasteiger partial charge in [0.1, 0.15) is 13.1 Å². The normalized spacial score (nSPS) is 15.4. The molecule has 1 saturated heterocycles. The Bertz CT molecular complexity index is 823. The zero-order chi connectivity index (χ0) is 17.8. The molecule has 1 amide bonds. The Morgan fingerprint density at radius 2 is 2.04 bits per heavy atom. The molecule has 4 rings (SSSR count). The summed E-state index contributed by atoms with van der Waals surface area (Å²) in [4.78, 5) is 20.9. The number of benzene rings is 1. The van der Waals surface area contributed by atoms with Crippen molar-refractivity contribution >= 4 is 32.6 Å². The Kier molecular flexibility index (Phi) is 5.29. The Balaban J connectivity index is 1.51. The average molecular weight is 372 g/mol. The molecule has 3 aromatic rings. The summed E-state index contributed by atoms with van der Waals surface area (Å²) in [7, 11) is 0. The summed E-state index contributed by atoms with van der Waals surface area (Å²) >= 11 is 1.54. The molecule has 2 aromatic heterocycles. The maximum atomic E-state index is 12.9. The van der Waals surface area contributed by atoms with Crippen LogP contribution in [0.2, 0.25) is 0 Å². The lowest BCUT2D eigenvalue weighted by Gasteiger charge is -2.25. The number of rotatable bonds is 6. The third kappa shape index (κ3) is 3.80. The van der Waals surface area contributed by atoms with Crippen LogP contribution in [-0.2, 0) is 4.74 Å². The quantitative estimate of drug-likeness (QED) is 0.717. The molecule has 3 heterocycles. The van der Waals surface area contributed by atoms with E-state index in [0.29, 0.717) is 12.3 Å². The lowest BCUT2D eigenvalue weighted by Crippen LogP contribution is -3.14. The van der Waals surface area contributed by atoms with Crippen LogP contribution in [0.1, 0.15) is 17.0 Å². The van der Waals surface area contributed by atoms with Crippen molar-refractivity contribution < 1.29 is 18.8 Å². The minimum absolute atomic E-state index is 0.133. The van der Waals surface area contributed by atoms with Gasteiger partial charge in [0.05, 0.1) is 36.2 Å². The minimum atomic E-state index is -0.133. The number of thiazole rings is 1. The number of morpholine rings is 1. The zero-order valence-corrected chi connectivity index (χ0v) is 15.3. The fraction of sp³-hybridized carbons (Fsp3) is 0.368. The molecule has 1 aromatic carbocycles. The second kappa shape index (κ2) is 7.99. The van der Waals surface area contributed by atoms with Gasteiger partial charge < -0.3 is 14.1 Å². The van der Waals surface area contributed by atoms with Crippen LogP contribution < -0.4 is 9.80 Å². The highest BCUT2D eigenvalue weighted by atomic mass is 32.1. The predicted molar refractivity (Wildman–Crippen MR) is 101 cm³/mol. The number of anilines is 1. The van der Waals surface area contributed by atoms with Crippen LogP contribution in [-0.4, -0.2) is 50.3 Å². The third-order valence-electron chi connectivity index (χ3n) is 4.60. The number of hydrogen-bond donors (Lipinski definition) is 1. The van der Waals surface area contributed by atoms with E-state index >= 15 is 0 Å². The summed E-state index contributed by atoms with van der Waals surface area (Å²) < 4.78 is 11.8. The highest BCUT2D eigenvalue weighted by Crippen LogP contribution is 2.29. The van der Waals surface area contributed by atoms with Crippen molar-refractivity contribution in [3.05, 3.63) is 48.4 Å². The smallest absolute Gasteiger partial charge is 0.295 e. The number of carbonyl (C=O) groups is 1. The van der Waals surface area contributed by atoms with Crippen molar-refractivity contribution in [3.8, 4) is 0 Å². The molecule has 0 unspecified atom stereocenters. The molecule has 6 nitrogen and oxygen atoms in total. The summed E-state index contributed by atoms with van der Waals surface area (Å²) in [6.07, 6.45) is 2.44. The summed E-state index contributed by atoms with van der Waals surface area (Å²) in [5.74, 6) is 0.217. The molecule has 0 aliphatic carbocycles. The van der Waals surface area contributed by atoms with Crippen LogP contribution in [0, 0.1) is 0 Å². The van der Waals surface area contributed by atoms with Crippen LogP contribution in [0.4, 0.5) is 5.13 Å². The van der Waals surface area contributed by atoms with Gasteiger partial charge in [-0.05, 0) is 24.3 Å². The predicted octanol–water partition coefficient (Wildman–Crippen LogP) is 1.84. The second-order valence-corrected chi connectivity index (χ2v) is 7.37. The maximum absolute atomic E-state index is 12.9. The van der Waals surface area contributed by atoms with Gasteiger partial charge in [-0.2, -0.15) is 0 Å². The Labute approximate surface area is 156 Å². The Morgan fingerprint density at radius 3 is 2.81 bits per heavy atom. The monoisotopic (exact) mass is 372 g/mol. The van der Waals surface area contributed by atoms with Crippen molar-refractivity contribution in [1.29, 1.82) is 0 Å². The van der Waals surface area contributed by atoms with Crippen molar-refractivity contribution in [2.24, 2.45) is 0 Å². The number of amides is 1. The first-order valence-corrected chi connectivity index (χ1v) is 9.75. The van der Waals surface area contributed by atoms with E-state index in [2.05, 4.69) is 4.98 Å². The van der Waals surface area contributed by atoms with Gasteiger partial charge in [0, 0.05) is 13.0 Å². The van der Waals surface area contributed by atoms with E-state index in [1.54, 1.807) is 28.4 Å². The molecule has 0 saturated carbocycles. The number of furan rings is 1. The number of carbonyl (C=O) groups excluding carboxylic acids is 1. The molecular weight excluding hydrogens is 350 g/mol. The largest absolute Gasteiger partial charge is 0.459 e. The molecule has 1 fully saturated rings. The van der Waals surface area contributed by atoms with Crippen molar-refractivity contribution in [2.75, 3.05) is 44.3 Å². The van der Waals surface area contributed by atoms with E-state index < -0.39 is 0 Å². The van der Waals surface area contributed by atoms with Gasteiger partial charge in [-0.3, -0.25) is 9.69 Å². The van der Waals surface area contributed by atoms with Crippen molar-refractivity contribution in [1.82, 2.24) is 4.98 Å². The fourth-order valence-corrected chi connectivity index (χ4v) is 4.18. The van der Waals surface area contributed by atoms with E-state index in [1.165, 1.54) is 11.2 Å². The van der Waals surface area contributed by atoms with Crippen LogP contribution in [0.25, 0.3) is 10.2 Å². The van der Waals surface area contributed by atoms with Crippen molar-refractivity contribution in [3.63, 3.8) is 0 Å². The average Bonchev–Trinajstić information content (AvgIpc) is 3.35. The Hall–Kier alpha value is -2.22. The highest BCUT2D eigenvalue weighted by Gasteiger charge is 2.24. The number of fused-ring (bicyclic) bond motifs is 1. The number of para-hydroxylation sites is 1. The van der Waals surface area contributed by atoms with Gasteiger partial charge in [-0.1, -0.05) is 23.5 Å². The number of quaternary nitrogens is 1. The summed E-state index contributed by atoms with van der Waals surface area (Å²) in [6, 6.07) is 11.4. The number of hydrogen-bond acceptors (Lipinski definition) is 5. The Morgan fingerprint density at radius 1 is 1.19 bits per heavy atom. The lowest BCUT2D eigenvalue weighted by atomic mass is 10.3. The molecule has 136 valence electrons. The number of ether oxygens (including phenoxy) is 1. The van der Waals surface area contributed by atoms with E-state index in [4.69, 9.17) is 9.15 Å². The van der Waals surface area contributed by atoms with Crippen LogP contribution >= 0.6 is 11.3 Å². The number of aromatic nitrogens is 1. The van der Waals surface area contributed by atoms with E-state index in [9.17, 15) is 4.79 Å². The van der Waals surface area contributed by atoms with Gasteiger partial charge in [0.2, 0.25) is 0 Å². The van der Waals surface area contributed by atoms with Crippen LogP contribution in [0.5, 0.6) is 0 Å². The topological polar surface area (TPSA) is 60.0 Å². The third-order valence-corrected chi connectivity index (χ3v) is 5.66. The maximum Gasteiger partial charge on any atom is 0.295 e. The second-order valence-electron chi connectivity index (χ2n) is 6.36. The molecule has 1 N–H and O–H groups in total. The summed E-state index contributed by atoms with van der Waals surface area (Å²) in [5, 5.41) is 0.726. The summed E-state index contributed by atoms with van der Waals surface area (Å²) in [6.45, 7) is 5.37. The molecule has 1 aliphatic heterocycles. The zero-order valence-electron chi connectivity index (χ0n) is 14.5. The van der Waals surface area contributed by atoms with E-state index in [0.717, 1.165) is 54.6 Å². The van der Waals surface area contributed by atoms with Gasteiger partial charge >= 0.3 is 0 Å². The number of nitrogens with one attached hydrogen (secondary N) is 1. The molecular formula is C19H22N3O3S+. The first kappa shape index (κ1) is 17.2. The summed E-state index contributed by atoms with van der Waals surface area (Å²) in [5.41, 5.74) is 0.920. The number of nitrogens with zero attached hydrogens (tertiary/aromatic N) is 2. The van der Waals surface area contributed by atoms with Crippen LogP contribution in [0.3, 0.4) is 0 Å². The molecule has 0 bridgehead atoms. The SMILES string of the molecule is O=C(c1ccco1)N(CCC[NH+]1CCOCC1)c1nc2ccccc2s1. The molecule has 0 radical (unpaired) electrons. The van der Waals surface area contributed by atoms with E-state index in [-0.39, 0.29) is 5.91 Å². The van der Waals surface area contributed by atoms with Crippen LogP contribution in [0.15, 0.2) is 47.1 Å². The van der Waals surface area contributed by atoms with Gasteiger partial charge in [0.15, 0.2) is 10.9 Å². The molecule has 7 heteroatoms. The van der Waals surface area contributed by atoms with E-state index in [1.807, 2.05) is 24.3 Å². The highest BCUT2D eigenvalue weighted by molar-refractivity contribution is 7.22. The van der Waals surface area contributed by atoms with Crippen molar-refractivity contribution in [2.45, 2.75) is 6.42 Å².